The van der Waals surface area contributed by atoms with Crippen LogP contribution in [0.25, 0.3) is 0 Å². The first-order valence-electron chi connectivity index (χ1n) is 11.6. The van der Waals surface area contributed by atoms with E-state index in [1.807, 2.05) is 0 Å². The zero-order valence-electron chi connectivity index (χ0n) is 18.0. The highest BCUT2D eigenvalue weighted by atomic mass is 17.0. The first-order valence-corrected chi connectivity index (χ1v) is 11.6. The molecule has 1 N–H and O–H groups in total. The Hall–Kier alpha value is -1.96. The van der Waals surface area contributed by atoms with Crippen molar-refractivity contribution in [3.63, 3.8) is 0 Å². The van der Waals surface area contributed by atoms with Gasteiger partial charge in [0.1, 0.15) is 19.0 Å². The number of carbonyl (C=O) groups is 2. The lowest BCUT2D eigenvalue weighted by Gasteiger charge is -2.63. The van der Waals surface area contributed by atoms with Gasteiger partial charge in [0.25, 0.3) is 5.09 Å². The summed E-state index contributed by atoms with van der Waals surface area (Å²) < 4.78 is 5.16. The fourth-order valence-corrected chi connectivity index (χ4v) is 8.51. The molecule has 0 bridgehead atoms. The van der Waals surface area contributed by atoms with Crippen molar-refractivity contribution in [1.29, 1.82) is 0 Å². The summed E-state index contributed by atoms with van der Waals surface area (Å²) >= 11 is 0. The standard InChI is InChI=1S/C23H31NO7/c1-21-7-5-18-19(23(21,27)9-6-17(21)14-10-20(26)30-12-14)3-2-15-11-16(31-24(28)29)4-8-22(15,18)13-25/h10,13,15-19,27H,2-9,11-12H2,1H3/t15-,16-,17-,18+,19-,21-,22-,23-/m1/s1. The van der Waals surface area contributed by atoms with Crippen LogP contribution < -0.4 is 0 Å². The van der Waals surface area contributed by atoms with Crippen LogP contribution in [0.5, 0.6) is 0 Å². The molecule has 0 amide bonds. The number of aliphatic hydroxyl groups is 1. The monoisotopic (exact) mass is 433 g/mol. The zero-order chi connectivity index (χ0) is 22.0. The molecule has 0 saturated heterocycles. The highest BCUT2D eigenvalue weighted by molar-refractivity contribution is 5.85. The Kier molecular flexibility index (Phi) is 4.74. The van der Waals surface area contributed by atoms with Crippen LogP contribution in [0.2, 0.25) is 0 Å². The number of hydrogen-bond acceptors (Lipinski definition) is 7. The molecule has 1 aliphatic heterocycles. The summed E-state index contributed by atoms with van der Waals surface area (Å²) in [4.78, 5) is 39.9. The van der Waals surface area contributed by atoms with E-state index in [0.717, 1.165) is 44.0 Å². The van der Waals surface area contributed by atoms with Gasteiger partial charge in [-0.25, -0.2) is 4.79 Å². The van der Waals surface area contributed by atoms with Gasteiger partial charge in [0.2, 0.25) is 0 Å². The van der Waals surface area contributed by atoms with E-state index in [4.69, 9.17) is 9.57 Å². The maximum absolute atomic E-state index is 12.6. The lowest BCUT2D eigenvalue weighted by molar-refractivity contribution is -0.769. The van der Waals surface area contributed by atoms with Gasteiger partial charge in [0.05, 0.1) is 5.60 Å². The number of cyclic esters (lactones) is 1. The third-order valence-corrected chi connectivity index (χ3v) is 9.96. The molecule has 0 unspecified atom stereocenters. The number of rotatable bonds is 4. The van der Waals surface area contributed by atoms with Gasteiger partial charge in [-0.15, -0.1) is 10.1 Å². The van der Waals surface area contributed by atoms with Crippen molar-refractivity contribution in [3.05, 3.63) is 21.8 Å². The Morgan fingerprint density at radius 1 is 1.19 bits per heavy atom. The van der Waals surface area contributed by atoms with Crippen LogP contribution in [0.4, 0.5) is 0 Å². The second kappa shape index (κ2) is 7.02. The number of fused-ring (bicyclic) bond motifs is 5. The van der Waals surface area contributed by atoms with E-state index in [1.165, 1.54) is 0 Å². The number of nitrogens with zero attached hydrogens (tertiary/aromatic N) is 1. The van der Waals surface area contributed by atoms with Crippen LogP contribution in [0, 0.1) is 44.6 Å². The molecule has 0 aromatic carbocycles. The van der Waals surface area contributed by atoms with E-state index in [2.05, 4.69) is 6.92 Å². The van der Waals surface area contributed by atoms with Crippen molar-refractivity contribution in [1.82, 2.24) is 0 Å². The van der Waals surface area contributed by atoms with Crippen molar-refractivity contribution >= 4 is 12.3 Å². The van der Waals surface area contributed by atoms with E-state index >= 15 is 0 Å². The highest BCUT2D eigenvalue weighted by Crippen LogP contribution is 2.69. The average Bonchev–Trinajstić information content (AvgIpc) is 3.27. The Balaban J connectivity index is 1.43. The molecule has 0 spiro atoms. The molecule has 0 radical (unpaired) electrons. The predicted octanol–water partition coefficient (Wildman–Crippen LogP) is 3.00. The van der Waals surface area contributed by atoms with Crippen LogP contribution in [0.3, 0.4) is 0 Å². The molecule has 5 aliphatic rings. The van der Waals surface area contributed by atoms with Gasteiger partial charge < -0.3 is 19.5 Å². The lowest BCUT2D eigenvalue weighted by Crippen LogP contribution is -2.63. The lowest BCUT2D eigenvalue weighted by atomic mass is 9.43. The summed E-state index contributed by atoms with van der Waals surface area (Å²) in [6.45, 7) is 2.48. The molecule has 31 heavy (non-hydrogen) atoms. The van der Waals surface area contributed by atoms with Crippen molar-refractivity contribution in [2.75, 3.05) is 6.61 Å². The number of carbonyl (C=O) groups excluding carboxylic acids is 2. The summed E-state index contributed by atoms with van der Waals surface area (Å²) in [5.41, 5.74) is -0.739. The first-order chi connectivity index (χ1) is 14.7. The molecule has 5 rings (SSSR count). The van der Waals surface area contributed by atoms with Gasteiger partial charge in [0, 0.05) is 16.9 Å². The second-order valence-corrected chi connectivity index (χ2v) is 10.7. The van der Waals surface area contributed by atoms with Gasteiger partial charge >= 0.3 is 5.97 Å². The van der Waals surface area contributed by atoms with Gasteiger partial charge in [-0.05, 0) is 87.0 Å². The zero-order valence-corrected chi connectivity index (χ0v) is 18.0. The van der Waals surface area contributed by atoms with Crippen molar-refractivity contribution < 1.29 is 29.4 Å². The number of aldehydes is 1. The minimum Gasteiger partial charge on any atom is -0.458 e. The summed E-state index contributed by atoms with van der Waals surface area (Å²) in [5.74, 6) is 0.0198. The quantitative estimate of drug-likeness (QED) is 0.313. The van der Waals surface area contributed by atoms with E-state index in [1.54, 1.807) is 6.08 Å². The van der Waals surface area contributed by atoms with E-state index in [9.17, 15) is 24.8 Å². The first kappa shape index (κ1) is 20.9. The van der Waals surface area contributed by atoms with Gasteiger partial charge in [-0.3, -0.25) is 0 Å². The Labute approximate surface area is 181 Å². The van der Waals surface area contributed by atoms with Crippen molar-refractivity contribution in [2.45, 2.75) is 76.4 Å². The van der Waals surface area contributed by atoms with Crippen LogP contribution in [0.15, 0.2) is 11.6 Å². The normalized spacial score (nSPS) is 48.6. The third-order valence-electron chi connectivity index (χ3n) is 9.96. The molecule has 1 heterocycles. The molecule has 4 aliphatic carbocycles. The summed E-state index contributed by atoms with van der Waals surface area (Å²) in [6.07, 6.45) is 8.68. The molecule has 4 saturated carbocycles. The maximum Gasteiger partial charge on any atom is 0.331 e. The topological polar surface area (TPSA) is 116 Å². The molecule has 8 nitrogen and oxygen atoms in total. The smallest absolute Gasteiger partial charge is 0.331 e. The van der Waals surface area contributed by atoms with Crippen LogP contribution in [-0.4, -0.2) is 40.8 Å². The molecule has 0 aromatic rings. The highest BCUT2D eigenvalue weighted by Gasteiger charge is 2.68. The minimum atomic E-state index is -0.873. The van der Waals surface area contributed by atoms with Crippen LogP contribution in [0.1, 0.15) is 64.7 Å². The molecular formula is C23H31NO7. The Morgan fingerprint density at radius 2 is 2.00 bits per heavy atom. The van der Waals surface area contributed by atoms with Crippen LogP contribution >= 0.6 is 0 Å². The summed E-state index contributed by atoms with van der Waals surface area (Å²) in [7, 11) is 0. The molecule has 4 fully saturated rings. The van der Waals surface area contributed by atoms with Crippen molar-refractivity contribution in [2.24, 2.45) is 34.5 Å². The second-order valence-electron chi connectivity index (χ2n) is 10.7. The predicted molar refractivity (Wildman–Crippen MR) is 108 cm³/mol. The molecule has 170 valence electrons. The van der Waals surface area contributed by atoms with Gasteiger partial charge in [-0.1, -0.05) is 6.92 Å². The van der Waals surface area contributed by atoms with E-state index < -0.39 is 22.2 Å². The number of ether oxygens (including phenoxy) is 1. The fourth-order valence-electron chi connectivity index (χ4n) is 8.51. The summed E-state index contributed by atoms with van der Waals surface area (Å²) in [6, 6.07) is 0. The van der Waals surface area contributed by atoms with Gasteiger partial charge in [0.15, 0.2) is 0 Å². The van der Waals surface area contributed by atoms with E-state index in [0.29, 0.717) is 32.3 Å². The SMILES string of the molecule is C[C@]12CC[C@H]3[C@@H](CC[C@@H]4C[C@H](O[N+](=O)[O-])CC[C@@]43C=O)[C@]1(O)CC[C@@H]2C1=CC(=O)OC1. The minimum absolute atomic E-state index is 0.0318. The van der Waals surface area contributed by atoms with Crippen molar-refractivity contribution in [3.8, 4) is 0 Å². The molecule has 0 aromatic heterocycles. The van der Waals surface area contributed by atoms with Crippen LogP contribution in [-0.2, 0) is 19.2 Å². The molecule has 8 heteroatoms. The Morgan fingerprint density at radius 3 is 2.68 bits per heavy atom. The van der Waals surface area contributed by atoms with E-state index in [-0.39, 0.29) is 35.1 Å². The van der Waals surface area contributed by atoms with Gasteiger partial charge in [-0.2, -0.15) is 0 Å². The third kappa shape index (κ3) is 2.82. The molecular weight excluding hydrogens is 402 g/mol. The fraction of sp³-hybridized carbons (Fsp3) is 0.826. The maximum atomic E-state index is 12.6. The average molecular weight is 434 g/mol. The number of esters is 1. The Bertz CT molecular complexity index is 842. The molecule has 8 atom stereocenters. The summed E-state index contributed by atoms with van der Waals surface area (Å²) in [5, 5.41) is 22.2. The largest absolute Gasteiger partial charge is 0.458 e. The number of hydrogen-bond donors (Lipinski definition) is 1.